The molecule has 0 aliphatic rings. The van der Waals surface area contributed by atoms with Crippen LogP contribution in [0, 0.1) is 6.92 Å². The van der Waals surface area contributed by atoms with Crippen molar-refractivity contribution in [1.82, 2.24) is 14.9 Å². The minimum absolute atomic E-state index is 0.109. The predicted molar refractivity (Wildman–Crippen MR) is 118 cm³/mol. The lowest BCUT2D eigenvalue weighted by Gasteiger charge is -2.26. The van der Waals surface area contributed by atoms with Gasteiger partial charge in [0.15, 0.2) is 0 Å². The Hall–Kier alpha value is -3.41. The Morgan fingerprint density at radius 1 is 1.10 bits per heavy atom. The second kappa shape index (κ2) is 9.39. The summed E-state index contributed by atoms with van der Waals surface area (Å²) in [6.07, 6.45) is 5.50. The predicted octanol–water partition coefficient (Wildman–Crippen LogP) is 3.93. The largest absolute Gasteiger partial charge is 0.351 e. The molecule has 0 aliphatic carbocycles. The van der Waals surface area contributed by atoms with E-state index < -0.39 is 0 Å². The van der Waals surface area contributed by atoms with Crippen LogP contribution in [0.5, 0.6) is 0 Å². The highest BCUT2D eigenvalue weighted by atomic mass is 16.2. The summed E-state index contributed by atoms with van der Waals surface area (Å²) in [4.78, 5) is 28.8. The van der Waals surface area contributed by atoms with Crippen molar-refractivity contribution in [2.24, 2.45) is 0 Å². The third kappa shape index (κ3) is 5.80. The van der Waals surface area contributed by atoms with E-state index in [0.29, 0.717) is 30.8 Å². The average molecular weight is 405 g/mol. The molecule has 0 fully saturated rings. The van der Waals surface area contributed by atoms with Crippen LogP contribution in [0.25, 0.3) is 0 Å². The van der Waals surface area contributed by atoms with Crippen molar-refractivity contribution in [2.45, 2.75) is 39.2 Å². The molecule has 6 nitrogen and oxygen atoms in total. The first kappa shape index (κ1) is 21.3. The molecular weight excluding hydrogens is 376 g/mol. The fraction of sp³-hybridized carbons (Fsp3) is 0.292. The lowest BCUT2D eigenvalue weighted by molar-refractivity contribution is -0.116. The van der Waals surface area contributed by atoms with Gasteiger partial charge in [0.2, 0.25) is 5.91 Å². The fourth-order valence-electron chi connectivity index (χ4n) is 3.18. The van der Waals surface area contributed by atoms with Crippen LogP contribution in [0.3, 0.4) is 0 Å². The molecule has 30 heavy (non-hydrogen) atoms. The molecule has 0 aliphatic heterocycles. The van der Waals surface area contributed by atoms with E-state index in [1.54, 1.807) is 36.8 Å². The van der Waals surface area contributed by atoms with Gasteiger partial charge in [-0.3, -0.25) is 9.59 Å². The Bertz CT molecular complexity index is 1010. The normalized spacial score (nSPS) is 11.2. The number of amides is 2. The number of hydrogen-bond acceptors (Lipinski definition) is 3. The Morgan fingerprint density at radius 2 is 1.90 bits per heavy atom. The smallest absolute Gasteiger partial charge is 0.251 e. The van der Waals surface area contributed by atoms with E-state index in [2.05, 4.69) is 54.6 Å². The number of nitrogens with zero attached hydrogens (tertiary/aromatic N) is 2. The van der Waals surface area contributed by atoms with E-state index in [1.165, 1.54) is 11.1 Å². The maximum absolute atomic E-state index is 12.7. The first-order chi connectivity index (χ1) is 14.3. The lowest BCUT2D eigenvalue weighted by Crippen LogP contribution is -2.36. The zero-order valence-corrected chi connectivity index (χ0v) is 17.7. The molecule has 0 spiro atoms. The van der Waals surface area contributed by atoms with E-state index >= 15 is 0 Å². The highest BCUT2D eigenvalue weighted by Crippen LogP contribution is 2.23. The van der Waals surface area contributed by atoms with Crippen LogP contribution in [0.2, 0.25) is 0 Å². The number of imidazole rings is 1. The molecular formula is C24H28N4O2. The number of hydrogen-bond donors (Lipinski definition) is 2. The van der Waals surface area contributed by atoms with Gasteiger partial charge in [0.25, 0.3) is 5.91 Å². The minimum atomic E-state index is -0.194. The third-order valence-electron chi connectivity index (χ3n) is 5.06. The monoisotopic (exact) mass is 404 g/mol. The SMILES string of the molecule is Cc1cccc(C(C)(C)CNC(=O)c2cccc(NC(=O)CCn3ccnc3)c2)c1. The maximum Gasteiger partial charge on any atom is 0.251 e. The quantitative estimate of drug-likeness (QED) is 0.597. The van der Waals surface area contributed by atoms with E-state index in [-0.39, 0.29) is 17.2 Å². The Balaban J connectivity index is 1.56. The first-order valence-electron chi connectivity index (χ1n) is 10.0. The molecule has 156 valence electrons. The van der Waals surface area contributed by atoms with Crippen LogP contribution in [0.1, 0.15) is 41.8 Å². The van der Waals surface area contributed by atoms with Gasteiger partial charge >= 0.3 is 0 Å². The molecule has 0 unspecified atom stereocenters. The molecule has 0 saturated heterocycles. The summed E-state index contributed by atoms with van der Waals surface area (Å²) in [6, 6.07) is 15.3. The second-order valence-electron chi connectivity index (χ2n) is 8.12. The molecule has 6 heteroatoms. The second-order valence-corrected chi connectivity index (χ2v) is 8.12. The number of rotatable bonds is 8. The van der Waals surface area contributed by atoms with Crippen LogP contribution in [-0.2, 0) is 16.8 Å². The van der Waals surface area contributed by atoms with Gasteiger partial charge in [0.1, 0.15) is 0 Å². The molecule has 0 bridgehead atoms. The number of anilines is 1. The van der Waals surface area contributed by atoms with Gasteiger partial charge < -0.3 is 15.2 Å². The average Bonchev–Trinajstić information content (AvgIpc) is 3.24. The summed E-state index contributed by atoms with van der Waals surface area (Å²) in [7, 11) is 0. The van der Waals surface area contributed by atoms with Crippen molar-refractivity contribution in [1.29, 1.82) is 0 Å². The van der Waals surface area contributed by atoms with Gasteiger partial charge in [0.05, 0.1) is 6.33 Å². The highest BCUT2D eigenvalue weighted by molar-refractivity contribution is 5.97. The molecule has 2 amide bonds. The van der Waals surface area contributed by atoms with Gasteiger partial charge in [-0.1, -0.05) is 49.7 Å². The maximum atomic E-state index is 12.7. The minimum Gasteiger partial charge on any atom is -0.351 e. The molecule has 1 heterocycles. The highest BCUT2D eigenvalue weighted by Gasteiger charge is 2.22. The molecule has 1 aromatic heterocycles. The topological polar surface area (TPSA) is 76.0 Å². The summed E-state index contributed by atoms with van der Waals surface area (Å²) in [5.41, 5.74) is 3.31. The molecule has 0 saturated carbocycles. The molecule has 0 atom stereocenters. The number of aromatic nitrogens is 2. The zero-order chi connectivity index (χ0) is 21.6. The third-order valence-corrected chi connectivity index (χ3v) is 5.06. The van der Waals surface area contributed by atoms with Crippen LogP contribution in [0.15, 0.2) is 67.3 Å². The molecule has 3 rings (SSSR count). The molecule has 2 N–H and O–H groups in total. The number of carbonyl (C=O) groups is 2. The van der Waals surface area contributed by atoms with E-state index in [1.807, 2.05) is 16.8 Å². The number of carbonyl (C=O) groups excluding carboxylic acids is 2. The van der Waals surface area contributed by atoms with Crippen LogP contribution in [0.4, 0.5) is 5.69 Å². The van der Waals surface area contributed by atoms with Gasteiger partial charge in [0, 0.05) is 48.6 Å². The van der Waals surface area contributed by atoms with Crippen molar-refractivity contribution in [3.8, 4) is 0 Å². The van der Waals surface area contributed by atoms with Gasteiger partial charge in [-0.25, -0.2) is 4.98 Å². The van der Waals surface area contributed by atoms with Crippen molar-refractivity contribution in [3.05, 3.63) is 83.9 Å². The van der Waals surface area contributed by atoms with Crippen LogP contribution >= 0.6 is 0 Å². The molecule has 3 aromatic rings. The van der Waals surface area contributed by atoms with E-state index in [0.717, 1.165) is 0 Å². The number of aryl methyl sites for hydroxylation is 2. The summed E-state index contributed by atoms with van der Waals surface area (Å²) < 4.78 is 1.85. The van der Waals surface area contributed by atoms with Crippen molar-refractivity contribution in [3.63, 3.8) is 0 Å². The van der Waals surface area contributed by atoms with E-state index in [9.17, 15) is 9.59 Å². The lowest BCUT2D eigenvalue weighted by atomic mass is 9.84. The van der Waals surface area contributed by atoms with Crippen molar-refractivity contribution >= 4 is 17.5 Å². The standard InChI is InChI=1S/C24H28N4O2/c1-18-6-4-8-20(14-18)24(2,3)16-26-23(30)19-7-5-9-21(15-19)27-22(29)10-12-28-13-11-25-17-28/h4-9,11,13-15,17H,10,12,16H2,1-3H3,(H,26,30)(H,27,29). The Morgan fingerprint density at radius 3 is 2.63 bits per heavy atom. The Labute approximate surface area is 177 Å². The Kier molecular flexibility index (Phi) is 6.67. The summed E-state index contributed by atoms with van der Waals surface area (Å²) >= 11 is 0. The summed E-state index contributed by atoms with van der Waals surface area (Å²) in [5.74, 6) is -0.271. The fourth-order valence-corrected chi connectivity index (χ4v) is 3.18. The van der Waals surface area contributed by atoms with Crippen molar-refractivity contribution < 1.29 is 9.59 Å². The van der Waals surface area contributed by atoms with Gasteiger partial charge in [-0.05, 0) is 30.7 Å². The van der Waals surface area contributed by atoms with Crippen LogP contribution in [-0.4, -0.2) is 27.9 Å². The molecule has 0 radical (unpaired) electrons. The summed E-state index contributed by atoms with van der Waals surface area (Å²) in [5, 5.41) is 5.87. The van der Waals surface area contributed by atoms with Gasteiger partial charge in [-0.2, -0.15) is 0 Å². The first-order valence-corrected chi connectivity index (χ1v) is 10.0. The summed E-state index contributed by atoms with van der Waals surface area (Å²) in [6.45, 7) is 7.35. The number of nitrogens with one attached hydrogen (secondary N) is 2. The zero-order valence-electron chi connectivity index (χ0n) is 17.7. The van der Waals surface area contributed by atoms with E-state index in [4.69, 9.17) is 0 Å². The van der Waals surface area contributed by atoms with Crippen molar-refractivity contribution in [2.75, 3.05) is 11.9 Å². The number of benzene rings is 2. The van der Waals surface area contributed by atoms with Crippen LogP contribution < -0.4 is 10.6 Å². The van der Waals surface area contributed by atoms with Gasteiger partial charge in [-0.15, -0.1) is 0 Å². The molecule has 2 aromatic carbocycles.